The van der Waals surface area contributed by atoms with Gasteiger partial charge in [-0.05, 0) is 67.0 Å². The molecule has 0 radical (unpaired) electrons. The standard InChI is InChI=1S/C24H23ClF3N3O/c1-2-22(17-8-7-15-5-3-4-6-16(15)11-17)31-23(32)18(13-29)14-30-19-9-10-21(25)20(12-19)24(26,27)28/h7-12,14,22,30H,2-6H2,1H3,(H,31,32)/b18-14-. The third-order valence-corrected chi connectivity index (χ3v) is 5.84. The number of carbonyl (C=O) groups excluding carboxylic acids is 1. The van der Waals surface area contributed by atoms with Gasteiger partial charge < -0.3 is 10.6 Å². The van der Waals surface area contributed by atoms with E-state index in [9.17, 15) is 23.2 Å². The lowest BCUT2D eigenvalue weighted by Crippen LogP contribution is -2.29. The quantitative estimate of drug-likeness (QED) is 0.390. The summed E-state index contributed by atoms with van der Waals surface area (Å²) in [6, 6.07) is 11.0. The van der Waals surface area contributed by atoms with Crippen LogP contribution in [0.15, 0.2) is 48.2 Å². The Balaban J connectivity index is 1.74. The number of rotatable bonds is 6. The van der Waals surface area contributed by atoms with E-state index in [0.29, 0.717) is 6.42 Å². The van der Waals surface area contributed by atoms with Crippen LogP contribution in [0.2, 0.25) is 5.02 Å². The molecule has 0 bridgehead atoms. The highest BCUT2D eigenvalue weighted by molar-refractivity contribution is 6.31. The summed E-state index contributed by atoms with van der Waals surface area (Å²) in [6.45, 7) is 1.94. The smallest absolute Gasteiger partial charge is 0.360 e. The van der Waals surface area contributed by atoms with Gasteiger partial charge in [0.25, 0.3) is 5.91 Å². The van der Waals surface area contributed by atoms with E-state index in [4.69, 9.17) is 11.6 Å². The van der Waals surface area contributed by atoms with Crippen LogP contribution in [0.4, 0.5) is 18.9 Å². The molecule has 2 aromatic carbocycles. The number of nitriles is 1. The lowest BCUT2D eigenvalue weighted by molar-refractivity contribution is -0.137. The van der Waals surface area contributed by atoms with Crippen molar-refractivity contribution in [2.45, 2.75) is 51.2 Å². The first-order valence-corrected chi connectivity index (χ1v) is 10.8. The number of fused-ring (bicyclic) bond motifs is 1. The van der Waals surface area contributed by atoms with Gasteiger partial charge in [-0.15, -0.1) is 0 Å². The highest BCUT2D eigenvalue weighted by Crippen LogP contribution is 2.36. The zero-order valence-corrected chi connectivity index (χ0v) is 18.3. The zero-order chi connectivity index (χ0) is 23.3. The molecule has 0 spiro atoms. The molecule has 8 heteroatoms. The number of nitrogens with zero attached hydrogens (tertiary/aromatic N) is 1. The first kappa shape index (κ1) is 23.7. The van der Waals surface area contributed by atoms with Gasteiger partial charge in [0, 0.05) is 11.9 Å². The molecule has 2 aromatic rings. The number of halogens is 4. The number of anilines is 1. The third-order valence-electron chi connectivity index (χ3n) is 5.51. The van der Waals surface area contributed by atoms with Crippen LogP contribution in [0.5, 0.6) is 0 Å². The van der Waals surface area contributed by atoms with Crippen molar-refractivity contribution in [2.75, 3.05) is 5.32 Å². The lowest BCUT2D eigenvalue weighted by Gasteiger charge is -2.21. The predicted octanol–water partition coefficient (Wildman–Crippen LogP) is 6.32. The van der Waals surface area contributed by atoms with Crippen LogP contribution in [0.1, 0.15) is 54.5 Å². The maximum Gasteiger partial charge on any atom is 0.417 e. The molecule has 2 N–H and O–H groups in total. The second kappa shape index (κ2) is 10.1. The molecule has 1 amide bonds. The molecule has 168 valence electrons. The Morgan fingerprint density at radius 2 is 1.91 bits per heavy atom. The van der Waals surface area contributed by atoms with Gasteiger partial charge in [0.2, 0.25) is 0 Å². The van der Waals surface area contributed by atoms with E-state index in [1.165, 1.54) is 23.6 Å². The summed E-state index contributed by atoms with van der Waals surface area (Å²) in [4.78, 5) is 12.7. The van der Waals surface area contributed by atoms with E-state index in [1.54, 1.807) is 6.07 Å². The Morgan fingerprint density at radius 3 is 2.56 bits per heavy atom. The molecule has 0 heterocycles. The fraction of sp³-hybridized carbons (Fsp3) is 0.333. The summed E-state index contributed by atoms with van der Waals surface area (Å²) in [5, 5.41) is 14.4. The molecule has 0 aromatic heterocycles. The number of benzene rings is 2. The van der Waals surface area contributed by atoms with Gasteiger partial charge in [-0.3, -0.25) is 4.79 Å². The molecule has 1 aliphatic carbocycles. The first-order chi connectivity index (χ1) is 15.2. The van der Waals surface area contributed by atoms with Crippen LogP contribution in [-0.2, 0) is 23.8 Å². The molecule has 4 nitrogen and oxygen atoms in total. The van der Waals surface area contributed by atoms with Gasteiger partial charge in [0.05, 0.1) is 16.6 Å². The Bertz CT molecular complexity index is 1070. The molecule has 0 fully saturated rings. The predicted molar refractivity (Wildman–Crippen MR) is 118 cm³/mol. The van der Waals surface area contributed by atoms with Gasteiger partial charge >= 0.3 is 6.18 Å². The number of amides is 1. The van der Waals surface area contributed by atoms with Crippen molar-refractivity contribution in [1.82, 2.24) is 5.32 Å². The minimum atomic E-state index is -4.61. The highest BCUT2D eigenvalue weighted by Gasteiger charge is 2.33. The van der Waals surface area contributed by atoms with Crippen LogP contribution >= 0.6 is 11.6 Å². The fourth-order valence-corrected chi connectivity index (χ4v) is 3.99. The highest BCUT2D eigenvalue weighted by atomic mass is 35.5. The summed E-state index contributed by atoms with van der Waals surface area (Å²) < 4.78 is 39.1. The Labute approximate surface area is 190 Å². The molecule has 0 aliphatic heterocycles. The lowest BCUT2D eigenvalue weighted by atomic mass is 9.88. The number of hydrogen-bond acceptors (Lipinski definition) is 3. The van der Waals surface area contributed by atoms with Crippen molar-refractivity contribution in [2.24, 2.45) is 0 Å². The van der Waals surface area contributed by atoms with E-state index in [0.717, 1.165) is 43.2 Å². The number of aryl methyl sites for hydroxylation is 2. The first-order valence-electron chi connectivity index (χ1n) is 10.4. The monoisotopic (exact) mass is 461 g/mol. The zero-order valence-electron chi connectivity index (χ0n) is 17.5. The SMILES string of the molecule is CCC(NC(=O)/C(C#N)=C\Nc1ccc(Cl)c(C(F)(F)F)c1)c1ccc2c(c1)CCCC2. The normalized spacial score (nSPS) is 14.8. The molecular formula is C24H23ClF3N3O. The van der Waals surface area contributed by atoms with Gasteiger partial charge in [0.15, 0.2) is 0 Å². The molecule has 0 saturated carbocycles. The van der Waals surface area contributed by atoms with Crippen LogP contribution in [0.25, 0.3) is 0 Å². The second-order valence-electron chi connectivity index (χ2n) is 7.68. The van der Waals surface area contributed by atoms with E-state index in [2.05, 4.69) is 22.8 Å². The van der Waals surface area contributed by atoms with Crippen LogP contribution in [0.3, 0.4) is 0 Å². The van der Waals surface area contributed by atoms with Crippen molar-refractivity contribution in [3.05, 3.63) is 75.4 Å². The van der Waals surface area contributed by atoms with Gasteiger partial charge in [-0.25, -0.2) is 0 Å². The van der Waals surface area contributed by atoms with Crippen LogP contribution in [-0.4, -0.2) is 5.91 Å². The second-order valence-corrected chi connectivity index (χ2v) is 8.08. The van der Waals surface area contributed by atoms with E-state index >= 15 is 0 Å². The summed E-state index contributed by atoms with van der Waals surface area (Å²) >= 11 is 5.62. The Morgan fingerprint density at radius 1 is 1.19 bits per heavy atom. The Hall–Kier alpha value is -2.98. The number of carbonyl (C=O) groups is 1. The van der Waals surface area contributed by atoms with Crippen LogP contribution < -0.4 is 10.6 Å². The summed E-state index contributed by atoms with van der Waals surface area (Å²) in [5.74, 6) is -0.602. The van der Waals surface area contributed by atoms with Crippen molar-refractivity contribution >= 4 is 23.2 Å². The number of alkyl halides is 3. The summed E-state index contributed by atoms with van der Waals surface area (Å²) in [5.41, 5.74) is 2.42. The third kappa shape index (κ3) is 5.63. The van der Waals surface area contributed by atoms with Crippen molar-refractivity contribution in [3.63, 3.8) is 0 Å². The largest absolute Gasteiger partial charge is 0.417 e. The molecule has 1 aliphatic rings. The van der Waals surface area contributed by atoms with E-state index in [1.807, 2.05) is 13.0 Å². The minimum Gasteiger partial charge on any atom is -0.360 e. The number of hydrogen-bond donors (Lipinski definition) is 2. The molecule has 32 heavy (non-hydrogen) atoms. The average molecular weight is 462 g/mol. The molecule has 3 rings (SSSR count). The molecular weight excluding hydrogens is 439 g/mol. The maximum absolute atomic E-state index is 13.0. The van der Waals surface area contributed by atoms with Crippen molar-refractivity contribution in [1.29, 1.82) is 5.26 Å². The summed E-state index contributed by atoms with van der Waals surface area (Å²) in [6.07, 6.45) is 1.52. The van der Waals surface area contributed by atoms with E-state index in [-0.39, 0.29) is 17.3 Å². The van der Waals surface area contributed by atoms with Gasteiger partial charge in [0.1, 0.15) is 11.6 Å². The minimum absolute atomic E-state index is 0.0593. The summed E-state index contributed by atoms with van der Waals surface area (Å²) in [7, 11) is 0. The van der Waals surface area contributed by atoms with Crippen molar-refractivity contribution in [3.8, 4) is 6.07 Å². The maximum atomic E-state index is 13.0. The molecule has 0 saturated heterocycles. The fourth-order valence-electron chi connectivity index (χ4n) is 3.76. The van der Waals surface area contributed by atoms with Crippen LogP contribution in [0, 0.1) is 11.3 Å². The molecule has 1 unspecified atom stereocenters. The van der Waals surface area contributed by atoms with Gasteiger partial charge in [-0.1, -0.05) is 36.7 Å². The van der Waals surface area contributed by atoms with Gasteiger partial charge in [-0.2, -0.15) is 18.4 Å². The Kier molecular flexibility index (Phi) is 7.47. The average Bonchev–Trinajstić information content (AvgIpc) is 2.77. The number of nitrogens with one attached hydrogen (secondary N) is 2. The van der Waals surface area contributed by atoms with E-state index < -0.39 is 22.7 Å². The topological polar surface area (TPSA) is 64.9 Å². The van der Waals surface area contributed by atoms with Crippen molar-refractivity contribution < 1.29 is 18.0 Å². The molecule has 1 atom stereocenters.